The summed E-state index contributed by atoms with van der Waals surface area (Å²) in [7, 11) is 0. The van der Waals surface area contributed by atoms with Crippen LogP contribution >= 0.6 is 0 Å². The molecular formula is C18H36N2. The van der Waals surface area contributed by atoms with Crippen molar-refractivity contribution in [2.24, 2.45) is 11.3 Å². The Bertz CT molecular complexity index is 259. The van der Waals surface area contributed by atoms with Gasteiger partial charge in [-0.3, -0.25) is 0 Å². The number of nitrogens with one attached hydrogen (secondary N) is 1. The van der Waals surface area contributed by atoms with Gasteiger partial charge >= 0.3 is 0 Å². The van der Waals surface area contributed by atoms with Crippen LogP contribution in [0.3, 0.4) is 0 Å². The second-order valence-corrected chi connectivity index (χ2v) is 7.83. The van der Waals surface area contributed by atoms with Gasteiger partial charge in [0.2, 0.25) is 0 Å². The lowest BCUT2D eigenvalue weighted by atomic mass is 9.77. The van der Waals surface area contributed by atoms with Crippen LogP contribution in [0.25, 0.3) is 0 Å². The average Bonchev–Trinajstić information content (AvgIpc) is 2.87. The van der Waals surface area contributed by atoms with E-state index in [1.54, 1.807) is 0 Å². The van der Waals surface area contributed by atoms with Crippen molar-refractivity contribution in [3.63, 3.8) is 0 Å². The van der Waals surface area contributed by atoms with E-state index in [1.165, 1.54) is 77.5 Å². The minimum Gasteiger partial charge on any atom is -0.316 e. The largest absolute Gasteiger partial charge is 0.316 e. The van der Waals surface area contributed by atoms with Crippen LogP contribution in [0.15, 0.2) is 0 Å². The number of rotatable bonds is 7. The van der Waals surface area contributed by atoms with E-state index in [0.29, 0.717) is 0 Å². The highest BCUT2D eigenvalue weighted by Gasteiger charge is 2.37. The van der Waals surface area contributed by atoms with E-state index < -0.39 is 0 Å². The van der Waals surface area contributed by atoms with Crippen molar-refractivity contribution in [1.29, 1.82) is 0 Å². The van der Waals surface area contributed by atoms with Crippen LogP contribution in [0.2, 0.25) is 0 Å². The summed E-state index contributed by atoms with van der Waals surface area (Å²) in [5.74, 6) is 0.775. The molecule has 0 radical (unpaired) electrons. The van der Waals surface area contributed by atoms with E-state index >= 15 is 0 Å². The van der Waals surface area contributed by atoms with Crippen molar-refractivity contribution in [3.05, 3.63) is 0 Å². The molecule has 2 rings (SSSR count). The van der Waals surface area contributed by atoms with Gasteiger partial charge in [-0.15, -0.1) is 0 Å². The molecule has 2 heteroatoms. The predicted octanol–water partition coefficient (Wildman–Crippen LogP) is 4.06. The molecule has 2 nitrogen and oxygen atoms in total. The molecular weight excluding hydrogens is 244 g/mol. The molecule has 20 heavy (non-hydrogen) atoms. The van der Waals surface area contributed by atoms with Gasteiger partial charge in [-0.2, -0.15) is 0 Å². The zero-order chi connectivity index (χ0) is 14.4. The highest BCUT2D eigenvalue weighted by Crippen LogP contribution is 2.46. The molecule has 0 bridgehead atoms. The third-order valence-corrected chi connectivity index (χ3v) is 5.67. The second-order valence-electron chi connectivity index (χ2n) is 7.83. The van der Waals surface area contributed by atoms with Crippen molar-refractivity contribution in [3.8, 4) is 0 Å². The van der Waals surface area contributed by atoms with E-state index in [0.717, 1.165) is 17.4 Å². The third kappa shape index (κ3) is 4.73. The highest BCUT2D eigenvalue weighted by molar-refractivity contribution is 4.90. The lowest BCUT2D eigenvalue weighted by Gasteiger charge is -2.42. The van der Waals surface area contributed by atoms with E-state index in [4.69, 9.17) is 0 Å². The highest BCUT2D eigenvalue weighted by atomic mass is 15.2. The Labute approximate surface area is 126 Å². The fraction of sp³-hybridized carbons (Fsp3) is 1.00. The molecule has 1 saturated carbocycles. The summed E-state index contributed by atoms with van der Waals surface area (Å²) in [6, 6.07) is 0.787. The van der Waals surface area contributed by atoms with Crippen molar-refractivity contribution >= 4 is 0 Å². The lowest BCUT2D eigenvalue weighted by Crippen LogP contribution is -2.43. The summed E-state index contributed by atoms with van der Waals surface area (Å²) in [6.45, 7) is 12.1. The van der Waals surface area contributed by atoms with Crippen molar-refractivity contribution < 1.29 is 0 Å². The first kappa shape index (κ1) is 16.3. The molecule has 1 saturated heterocycles. The van der Waals surface area contributed by atoms with E-state index in [-0.39, 0.29) is 0 Å². The SMILES string of the molecule is CC(C)CNCCCC(C)N1CCC2(CCCC2)CC1. The smallest absolute Gasteiger partial charge is 0.00674 e. The summed E-state index contributed by atoms with van der Waals surface area (Å²) in [4.78, 5) is 2.76. The molecule has 0 aromatic carbocycles. The molecule has 1 aliphatic heterocycles. The van der Waals surface area contributed by atoms with Gasteiger partial charge in [0.15, 0.2) is 0 Å². The van der Waals surface area contributed by atoms with E-state index in [1.807, 2.05) is 0 Å². The molecule has 0 aromatic rings. The third-order valence-electron chi connectivity index (χ3n) is 5.67. The van der Waals surface area contributed by atoms with Gasteiger partial charge in [-0.25, -0.2) is 0 Å². The molecule has 1 atom stereocenters. The molecule has 1 spiro atoms. The molecule has 1 heterocycles. The van der Waals surface area contributed by atoms with Crippen LogP contribution in [0, 0.1) is 11.3 Å². The Morgan fingerprint density at radius 3 is 2.25 bits per heavy atom. The van der Waals surface area contributed by atoms with E-state index in [2.05, 4.69) is 31.0 Å². The summed E-state index contributed by atoms with van der Waals surface area (Å²) in [6.07, 6.45) is 11.7. The van der Waals surface area contributed by atoms with Crippen LogP contribution in [0.5, 0.6) is 0 Å². The van der Waals surface area contributed by atoms with Crippen molar-refractivity contribution in [2.75, 3.05) is 26.2 Å². The molecule has 1 aliphatic carbocycles. The zero-order valence-corrected chi connectivity index (χ0v) is 14.1. The number of likely N-dealkylation sites (tertiary alicyclic amines) is 1. The molecule has 1 unspecified atom stereocenters. The van der Waals surface area contributed by atoms with Crippen LogP contribution in [0.1, 0.15) is 72.1 Å². The number of hydrogen-bond acceptors (Lipinski definition) is 2. The Balaban J connectivity index is 1.58. The maximum atomic E-state index is 3.56. The monoisotopic (exact) mass is 280 g/mol. The second kappa shape index (κ2) is 7.79. The minimum absolute atomic E-state index is 0.773. The molecule has 2 aliphatic rings. The van der Waals surface area contributed by atoms with Gasteiger partial charge in [0.1, 0.15) is 0 Å². The first-order valence-corrected chi connectivity index (χ1v) is 9.06. The zero-order valence-electron chi connectivity index (χ0n) is 14.1. The van der Waals surface area contributed by atoms with Crippen LogP contribution in [-0.4, -0.2) is 37.1 Å². The fourth-order valence-electron chi connectivity index (χ4n) is 4.16. The lowest BCUT2D eigenvalue weighted by molar-refractivity contribution is 0.0779. The van der Waals surface area contributed by atoms with Crippen molar-refractivity contribution in [2.45, 2.75) is 78.2 Å². The normalized spacial score (nSPS) is 24.6. The van der Waals surface area contributed by atoms with Gasteiger partial charge in [0.05, 0.1) is 0 Å². The summed E-state index contributed by atoms with van der Waals surface area (Å²) < 4.78 is 0. The van der Waals surface area contributed by atoms with Gasteiger partial charge < -0.3 is 10.2 Å². The summed E-state index contributed by atoms with van der Waals surface area (Å²) in [5, 5.41) is 3.56. The minimum atomic E-state index is 0.773. The Morgan fingerprint density at radius 2 is 1.65 bits per heavy atom. The Kier molecular flexibility index (Phi) is 6.35. The Morgan fingerprint density at radius 1 is 1.00 bits per heavy atom. The number of piperidine rings is 1. The van der Waals surface area contributed by atoms with Gasteiger partial charge in [0, 0.05) is 6.04 Å². The molecule has 118 valence electrons. The van der Waals surface area contributed by atoms with Crippen LogP contribution in [-0.2, 0) is 0 Å². The Hall–Kier alpha value is -0.0800. The van der Waals surface area contributed by atoms with Gasteiger partial charge in [0.25, 0.3) is 0 Å². The molecule has 0 amide bonds. The standard InChI is InChI=1S/C18H36N2/c1-16(2)15-19-12-6-7-17(3)20-13-10-18(11-14-20)8-4-5-9-18/h16-17,19H,4-15H2,1-3H3. The van der Waals surface area contributed by atoms with E-state index in [9.17, 15) is 0 Å². The van der Waals surface area contributed by atoms with Crippen molar-refractivity contribution in [1.82, 2.24) is 10.2 Å². The van der Waals surface area contributed by atoms with Gasteiger partial charge in [-0.05, 0) is 83.0 Å². The first-order valence-electron chi connectivity index (χ1n) is 9.06. The maximum Gasteiger partial charge on any atom is 0.00674 e. The fourth-order valence-corrected chi connectivity index (χ4v) is 4.16. The maximum absolute atomic E-state index is 3.56. The average molecular weight is 280 g/mol. The number of hydrogen-bond donors (Lipinski definition) is 1. The molecule has 1 N–H and O–H groups in total. The quantitative estimate of drug-likeness (QED) is 0.708. The first-order chi connectivity index (χ1) is 9.61. The topological polar surface area (TPSA) is 15.3 Å². The number of nitrogens with zero attached hydrogens (tertiary/aromatic N) is 1. The predicted molar refractivity (Wildman–Crippen MR) is 88.1 cm³/mol. The van der Waals surface area contributed by atoms with Crippen LogP contribution < -0.4 is 5.32 Å². The molecule has 0 aromatic heterocycles. The van der Waals surface area contributed by atoms with Crippen LogP contribution in [0.4, 0.5) is 0 Å². The summed E-state index contributed by atoms with van der Waals surface area (Å²) >= 11 is 0. The molecule has 2 fully saturated rings. The van der Waals surface area contributed by atoms with Gasteiger partial charge in [-0.1, -0.05) is 26.7 Å². The summed E-state index contributed by atoms with van der Waals surface area (Å²) in [5.41, 5.74) is 0.773.